The van der Waals surface area contributed by atoms with Crippen molar-refractivity contribution in [3.63, 3.8) is 0 Å². The first-order valence-electron chi connectivity index (χ1n) is 7.68. The highest BCUT2D eigenvalue weighted by Gasteiger charge is 2.25. The fraction of sp³-hybridized carbons (Fsp3) is 0.316. The van der Waals surface area contributed by atoms with Crippen molar-refractivity contribution >= 4 is 5.71 Å². The van der Waals surface area contributed by atoms with Gasteiger partial charge in [0.2, 0.25) is 5.75 Å². The topological polar surface area (TPSA) is 40.0 Å². The lowest BCUT2D eigenvalue weighted by atomic mass is 9.92. The van der Waals surface area contributed by atoms with Crippen molar-refractivity contribution in [1.29, 1.82) is 0 Å². The average molecular weight is 311 g/mol. The quantitative estimate of drug-likeness (QED) is 0.850. The standard InChI is InChI=1S/C19H21NO3/c1-21-16-12-14-9-10-20-15(11-13-7-5-4-6-8-13)17(14)19(23-3)18(16)22-2/h4-8,12H,9-11H2,1-3H3. The van der Waals surface area contributed by atoms with Crippen molar-refractivity contribution in [3.05, 3.63) is 53.1 Å². The van der Waals surface area contributed by atoms with E-state index in [0.29, 0.717) is 17.2 Å². The number of fused-ring (bicyclic) bond motifs is 1. The molecule has 0 saturated carbocycles. The smallest absolute Gasteiger partial charge is 0.203 e. The summed E-state index contributed by atoms with van der Waals surface area (Å²) in [4.78, 5) is 4.75. The Morgan fingerprint density at radius 3 is 2.35 bits per heavy atom. The summed E-state index contributed by atoms with van der Waals surface area (Å²) in [6, 6.07) is 12.4. The molecule has 0 amide bonds. The first kappa shape index (κ1) is 15.4. The highest BCUT2D eigenvalue weighted by Crippen LogP contribution is 2.43. The van der Waals surface area contributed by atoms with Crippen LogP contribution >= 0.6 is 0 Å². The molecule has 2 aromatic rings. The molecule has 0 spiro atoms. The van der Waals surface area contributed by atoms with Gasteiger partial charge in [0.15, 0.2) is 11.5 Å². The van der Waals surface area contributed by atoms with E-state index in [0.717, 1.165) is 30.7 Å². The van der Waals surface area contributed by atoms with Gasteiger partial charge in [-0.3, -0.25) is 4.99 Å². The van der Waals surface area contributed by atoms with Crippen LogP contribution < -0.4 is 14.2 Å². The SMILES string of the molecule is COc1cc2c(c(OC)c1OC)C(Cc1ccccc1)=NCC2. The van der Waals surface area contributed by atoms with Crippen LogP contribution in [-0.4, -0.2) is 33.6 Å². The Kier molecular flexibility index (Phi) is 4.51. The predicted octanol–water partition coefficient (Wildman–Crippen LogP) is 3.30. The number of benzene rings is 2. The molecule has 0 radical (unpaired) electrons. The molecule has 0 atom stereocenters. The van der Waals surface area contributed by atoms with Crippen molar-refractivity contribution in [1.82, 2.24) is 0 Å². The second-order valence-corrected chi connectivity index (χ2v) is 5.42. The summed E-state index contributed by atoms with van der Waals surface area (Å²) in [7, 11) is 4.93. The lowest BCUT2D eigenvalue weighted by Gasteiger charge is -2.23. The zero-order chi connectivity index (χ0) is 16.2. The molecule has 0 aromatic heterocycles. The number of ether oxygens (including phenoxy) is 3. The molecule has 120 valence electrons. The molecular weight excluding hydrogens is 290 g/mol. The molecule has 0 fully saturated rings. The maximum Gasteiger partial charge on any atom is 0.203 e. The molecule has 23 heavy (non-hydrogen) atoms. The second-order valence-electron chi connectivity index (χ2n) is 5.42. The molecule has 0 bridgehead atoms. The average Bonchev–Trinajstić information content (AvgIpc) is 2.61. The minimum absolute atomic E-state index is 0.622. The Morgan fingerprint density at radius 1 is 0.957 bits per heavy atom. The van der Waals surface area contributed by atoms with Crippen LogP contribution in [-0.2, 0) is 12.8 Å². The number of hydrogen-bond donors (Lipinski definition) is 0. The molecule has 0 aliphatic carbocycles. The van der Waals surface area contributed by atoms with E-state index < -0.39 is 0 Å². The Bertz CT molecular complexity index is 723. The van der Waals surface area contributed by atoms with Gasteiger partial charge in [-0.25, -0.2) is 0 Å². The lowest BCUT2D eigenvalue weighted by Crippen LogP contribution is -2.17. The fourth-order valence-electron chi connectivity index (χ4n) is 3.04. The number of nitrogens with zero attached hydrogens (tertiary/aromatic N) is 1. The van der Waals surface area contributed by atoms with E-state index in [1.807, 2.05) is 24.3 Å². The third kappa shape index (κ3) is 2.89. The van der Waals surface area contributed by atoms with Crippen LogP contribution in [0.25, 0.3) is 0 Å². The van der Waals surface area contributed by atoms with Crippen molar-refractivity contribution in [2.45, 2.75) is 12.8 Å². The molecular formula is C19H21NO3. The van der Waals surface area contributed by atoms with E-state index in [1.165, 1.54) is 11.1 Å². The third-order valence-corrected chi connectivity index (χ3v) is 4.10. The van der Waals surface area contributed by atoms with Gasteiger partial charge in [-0.1, -0.05) is 30.3 Å². The van der Waals surface area contributed by atoms with Gasteiger partial charge in [0.05, 0.1) is 27.0 Å². The summed E-state index contributed by atoms with van der Waals surface area (Å²) in [5.74, 6) is 2.02. The van der Waals surface area contributed by atoms with Crippen molar-refractivity contribution < 1.29 is 14.2 Å². The molecule has 4 nitrogen and oxygen atoms in total. The van der Waals surface area contributed by atoms with Crippen LogP contribution in [0.2, 0.25) is 0 Å². The number of hydrogen-bond acceptors (Lipinski definition) is 4. The van der Waals surface area contributed by atoms with E-state index in [1.54, 1.807) is 21.3 Å². The summed E-state index contributed by atoms with van der Waals surface area (Å²) < 4.78 is 16.6. The summed E-state index contributed by atoms with van der Waals surface area (Å²) >= 11 is 0. The van der Waals surface area contributed by atoms with Gasteiger partial charge >= 0.3 is 0 Å². The summed E-state index contributed by atoms with van der Waals surface area (Å²) in [6.07, 6.45) is 1.66. The Labute approximate surface area is 136 Å². The molecule has 0 saturated heterocycles. The van der Waals surface area contributed by atoms with Gasteiger partial charge in [-0.2, -0.15) is 0 Å². The summed E-state index contributed by atoms with van der Waals surface area (Å²) in [6.45, 7) is 0.786. The van der Waals surface area contributed by atoms with Crippen molar-refractivity contribution in [2.24, 2.45) is 4.99 Å². The Balaban J connectivity index is 2.10. The van der Waals surface area contributed by atoms with Crippen LogP contribution in [0.4, 0.5) is 0 Å². The minimum Gasteiger partial charge on any atom is -0.493 e. The molecule has 1 aliphatic heterocycles. The number of methoxy groups -OCH3 is 3. The first-order chi connectivity index (χ1) is 11.3. The van der Waals surface area contributed by atoms with Crippen LogP contribution in [0.1, 0.15) is 16.7 Å². The van der Waals surface area contributed by atoms with Crippen LogP contribution in [0.5, 0.6) is 17.2 Å². The minimum atomic E-state index is 0.622. The van der Waals surface area contributed by atoms with Gasteiger partial charge in [-0.05, 0) is 23.6 Å². The van der Waals surface area contributed by atoms with Crippen molar-refractivity contribution in [2.75, 3.05) is 27.9 Å². The lowest BCUT2D eigenvalue weighted by molar-refractivity contribution is 0.323. The molecule has 1 aliphatic rings. The Morgan fingerprint density at radius 2 is 1.70 bits per heavy atom. The van der Waals surface area contributed by atoms with Gasteiger partial charge in [0, 0.05) is 18.5 Å². The molecule has 0 unspecified atom stereocenters. The highest BCUT2D eigenvalue weighted by molar-refractivity contribution is 6.07. The number of rotatable bonds is 5. The van der Waals surface area contributed by atoms with Crippen LogP contribution in [0.15, 0.2) is 41.4 Å². The molecule has 3 rings (SSSR count). The molecule has 1 heterocycles. The molecule has 2 aromatic carbocycles. The number of aliphatic imine (C=N–C) groups is 1. The van der Waals surface area contributed by atoms with E-state index in [-0.39, 0.29) is 0 Å². The van der Waals surface area contributed by atoms with Crippen molar-refractivity contribution in [3.8, 4) is 17.2 Å². The molecule has 4 heteroatoms. The van der Waals surface area contributed by atoms with E-state index in [9.17, 15) is 0 Å². The van der Waals surface area contributed by atoms with Gasteiger partial charge in [0.1, 0.15) is 0 Å². The third-order valence-electron chi connectivity index (χ3n) is 4.10. The molecule has 0 N–H and O–H groups in total. The normalized spacial score (nSPS) is 13.1. The highest BCUT2D eigenvalue weighted by atomic mass is 16.5. The second kappa shape index (κ2) is 6.73. The summed E-state index contributed by atoms with van der Waals surface area (Å²) in [5.41, 5.74) is 4.51. The fourth-order valence-corrected chi connectivity index (χ4v) is 3.04. The zero-order valence-corrected chi connectivity index (χ0v) is 13.8. The van der Waals surface area contributed by atoms with Gasteiger partial charge in [0.25, 0.3) is 0 Å². The maximum absolute atomic E-state index is 5.66. The zero-order valence-electron chi connectivity index (χ0n) is 13.8. The predicted molar refractivity (Wildman–Crippen MR) is 91.4 cm³/mol. The van der Waals surface area contributed by atoms with Gasteiger partial charge < -0.3 is 14.2 Å². The van der Waals surface area contributed by atoms with E-state index in [2.05, 4.69) is 12.1 Å². The van der Waals surface area contributed by atoms with Crippen LogP contribution in [0, 0.1) is 0 Å². The van der Waals surface area contributed by atoms with Gasteiger partial charge in [-0.15, -0.1) is 0 Å². The monoisotopic (exact) mass is 311 g/mol. The first-order valence-corrected chi connectivity index (χ1v) is 7.68. The maximum atomic E-state index is 5.66. The van der Waals surface area contributed by atoms with E-state index >= 15 is 0 Å². The van der Waals surface area contributed by atoms with E-state index in [4.69, 9.17) is 19.2 Å². The Hall–Kier alpha value is -2.49. The van der Waals surface area contributed by atoms with Crippen LogP contribution in [0.3, 0.4) is 0 Å². The largest absolute Gasteiger partial charge is 0.493 e. The summed E-state index contributed by atoms with van der Waals surface area (Å²) in [5, 5.41) is 0.